The van der Waals surface area contributed by atoms with Crippen LogP contribution in [0.3, 0.4) is 0 Å². The summed E-state index contributed by atoms with van der Waals surface area (Å²) in [5.74, 6) is -0.508. The summed E-state index contributed by atoms with van der Waals surface area (Å²) in [4.78, 5) is 2.22. The van der Waals surface area contributed by atoms with Crippen LogP contribution in [0.25, 0.3) is 5.69 Å². The highest BCUT2D eigenvalue weighted by atomic mass is 19.1. The summed E-state index contributed by atoms with van der Waals surface area (Å²) in [7, 11) is 0. The van der Waals surface area contributed by atoms with Gasteiger partial charge in [-0.2, -0.15) is 5.10 Å². The van der Waals surface area contributed by atoms with Crippen molar-refractivity contribution in [1.82, 2.24) is 14.7 Å². The summed E-state index contributed by atoms with van der Waals surface area (Å²) in [6.45, 7) is 7.52. The Labute approximate surface area is 199 Å². The van der Waals surface area contributed by atoms with E-state index in [4.69, 9.17) is 9.84 Å². The summed E-state index contributed by atoms with van der Waals surface area (Å²) in [5, 5.41) is 15.2. The van der Waals surface area contributed by atoms with Crippen molar-refractivity contribution in [2.45, 2.75) is 45.3 Å². The third-order valence-electron chi connectivity index (χ3n) is 6.01. The molecule has 1 N–H and O–H groups in total. The molecule has 0 spiro atoms. The van der Waals surface area contributed by atoms with Gasteiger partial charge in [0.25, 0.3) is 0 Å². The molecule has 180 valence electrons. The monoisotopic (exact) mass is 467 g/mol. The molecule has 0 aliphatic heterocycles. The summed E-state index contributed by atoms with van der Waals surface area (Å²) >= 11 is 0. The summed E-state index contributed by atoms with van der Waals surface area (Å²) in [5.41, 5.74) is 2.33. The minimum absolute atomic E-state index is 0.0699. The topological polar surface area (TPSA) is 50.5 Å². The smallest absolute Gasteiger partial charge is 0.227 e. The second kappa shape index (κ2) is 10.9. The SMILES string of the molecule is C=CCC[C@H](O)CN(Cc1c(C)nn(-c2ccccc2)c1Oc1ccc(F)cc1F)CC1CC1. The molecular formula is C27H31F2N3O2. The van der Waals surface area contributed by atoms with E-state index in [1.165, 1.54) is 25.0 Å². The van der Waals surface area contributed by atoms with Crippen molar-refractivity contribution in [3.8, 4) is 17.3 Å². The molecule has 5 nitrogen and oxygen atoms in total. The fraction of sp³-hybridized carbons (Fsp3) is 0.370. The van der Waals surface area contributed by atoms with Gasteiger partial charge in [-0.05, 0) is 62.8 Å². The molecule has 0 radical (unpaired) electrons. The van der Waals surface area contributed by atoms with Crippen molar-refractivity contribution in [3.05, 3.63) is 84.1 Å². The summed E-state index contributed by atoms with van der Waals surface area (Å²) < 4.78 is 35.7. The number of nitrogens with zero attached hydrogens (tertiary/aromatic N) is 3. The quantitative estimate of drug-likeness (QED) is 0.343. The molecule has 1 atom stereocenters. The molecule has 2 aromatic carbocycles. The average molecular weight is 468 g/mol. The van der Waals surface area contributed by atoms with Gasteiger partial charge >= 0.3 is 0 Å². The van der Waals surface area contributed by atoms with Gasteiger partial charge in [-0.25, -0.2) is 13.5 Å². The Hall–Kier alpha value is -3.03. The number of aliphatic hydroxyl groups excluding tert-OH is 1. The maximum atomic E-state index is 14.5. The van der Waals surface area contributed by atoms with E-state index in [1.807, 2.05) is 43.3 Å². The molecule has 0 saturated heterocycles. The Morgan fingerprint density at radius 2 is 2.00 bits per heavy atom. The zero-order valence-electron chi connectivity index (χ0n) is 19.5. The average Bonchev–Trinajstić information content (AvgIpc) is 3.58. The van der Waals surface area contributed by atoms with E-state index in [0.717, 1.165) is 36.0 Å². The molecule has 7 heteroatoms. The van der Waals surface area contributed by atoms with Crippen molar-refractivity contribution in [1.29, 1.82) is 0 Å². The third-order valence-corrected chi connectivity index (χ3v) is 6.01. The van der Waals surface area contributed by atoms with Gasteiger partial charge in [0, 0.05) is 25.7 Å². The number of rotatable bonds is 12. The number of halogens is 2. The van der Waals surface area contributed by atoms with Crippen LogP contribution in [0.2, 0.25) is 0 Å². The Morgan fingerprint density at radius 1 is 1.24 bits per heavy atom. The Morgan fingerprint density at radius 3 is 2.68 bits per heavy atom. The van der Waals surface area contributed by atoms with Crippen LogP contribution in [0.15, 0.2) is 61.2 Å². The maximum Gasteiger partial charge on any atom is 0.227 e. The number of hydrogen-bond donors (Lipinski definition) is 1. The zero-order chi connectivity index (χ0) is 24.1. The summed E-state index contributed by atoms with van der Waals surface area (Å²) in [6, 6.07) is 12.7. The lowest BCUT2D eigenvalue weighted by Crippen LogP contribution is -2.34. The first-order valence-corrected chi connectivity index (χ1v) is 11.7. The van der Waals surface area contributed by atoms with Crippen molar-refractivity contribution in [2.24, 2.45) is 5.92 Å². The van der Waals surface area contributed by atoms with Crippen LogP contribution in [0.4, 0.5) is 8.78 Å². The van der Waals surface area contributed by atoms with E-state index >= 15 is 0 Å². The highest BCUT2D eigenvalue weighted by molar-refractivity contribution is 5.43. The van der Waals surface area contributed by atoms with Gasteiger partial charge in [0.2, 0.25) is 5.88 Å². The largest absolute Gasteiger partial charge is 0.435 e. The van der Waals surface area contributed by atoms with Gasteiger partial charge in [-0.3, -0.25) is 4.90 Å². The van der Waals surface area contributed by atoms with Crippen LogP contribution in [-0.4, -0.2) is 39.0 Å². The standard InChI is InChI=1S/C27H31F2N3O2/c1-3-4-10-23(33)17-31(16-20-11-12-20)18-24-19(2)30-32(22-8-6-5-7-9-22)27(24)34-26-14-13-21(28)15-25(26)29/h3,5-9,13-15,20,23,33H,1,4,10-12,16-18H2,2H3/t23-/m0/s1. The highest BCUT2D eigenvalue weighted by Gasteiger charge is 2.28. The zero-order valence-corrected chi connectivity index (χ0v) is 19.5. The molecule has 0 unspecified atom stereocenters. The van der Waals surface area contributed by atoms with E-state index in [0.29, 0.717) is 31.3 Å². The van der Waals surface area contributed by atoms with Gasteiger partial charge in [0.15, 0.2) is 11.6 Å². The fourth-order valence-electron chi connectivity index (χ4n) is 4.02. The van der Waals surface area contributed by atoms with Gasteiger partial charge in [0.05, 0.1) is 23.0 Å². The van der Waals surface area contributed by atoms with E-state index < -0.39 is 17.7 Å². The summed E-state index contributed by atoms with van der Waals surface area (Å²) in [6.07, 6.45) is 5.11. The van der Waals surface area contributed by atoms with Gasteiger partial charge in [0.1, 0.15) is 5.82 Å². The van der Waals surface area contributed by atoms with Crippen LogP contribution >= 0.6 is 0 Å². The Bertz CT molecular complexity index is 1110. The van der Waals surface area contributed by atoms with Crippen LogP contribution < -0.4 is 4.74 Å². The molecule has 1 aliphatic carbocycles. The molecule has 1 saturated carbocycles. The lowest BCUT2D eigenvalue weighted by Gasteiger charge is -2.25. The number of ether oxygens (including phenoxy) is 1. The van der Waals surface area contributed by atoms with Crippen molar-refractivity contribution >= 4 is 0 Å². The Balaban J connectivity index is 1.68. The fourth-order valence-corrected chi connectivity index (χ4v) is 4.02. The van der Waals surface area contributed by atoms with Gasteiger partial charge in [-0.1, -0.05) is 24.3 Å². The van der Waals surface area contributed by atoms with Crippen LogP contribution in [0.5, 0.6) is 11.6 Å². The second-order valence-corrected chi connectivity index (χ2v) is 8.95. The van der Waals surface area contributed by atoms with Crippen LogP contribution in [-0.2, 0) is 6.54 Å². The predicted octanol–water partition coefficient (Wildman–Crippen LogP) is 5.79. The van der Waals surface area contributed by atoms with Gasteiger partial charge in [-0.15, -0.1) is 6.58 Å². The van der Waals surface area contributed by atoms with Crippen molar-refractivity contribution < 1.29 is 18.6 Å². The second-order valence-electron chi connectivity index (χ2n) is 8.95. The first-order valence-electron chi connectivity index (χ1n) is 11.7. The minimum Gasteiger partial charge on any atom is -0.435 e. The molecular weight excluding hydrogens is 436 g/mol. The van der Waals surface area contributed by atoms with Crippen molar-refractivity contribution in [3.63, 3.8) is 0 Å². The number of aromatic nitrogens is 2. The first-order chi connectivity index (χ1) is 16.4. The Kier molecular flexibility index (Phi) is 7.75. The first kappa shape index (κ1) is 24.1. The molecule has 0 bridgehead atoms. The number of hydrogen-bond acceptors (Lipinski definition) is 4. The minimum atomic E-state index is -0.779. The molecule has 1 aliphatic rings. The number of aryl methyl sites for hydroxylation is 1. The lowest BCUT2D eigenvalue weighted by molar-refractivity contribution is 0.0991. The highest BCUT2D eigenvalue weighted by Crippen LogP contribution is 2.35. The molecule has 4 rings (SSSR count). The lowest BCUT2D eigenvalue weighted by atomic mass is 10.1. The predicted molar refractivity (Wildman–Crippen MR) is 128 cm³/mol. The molecule has 1 aromatic heterocycles. The van der Waals surface area contributed by atoms with E-state index in [1.54, 1.807) is 4.68 Å². The van der Waals surface area contributed by atoms with Crippen LogP contribution in [0.1, 0.15) is 36.9 Å². The van der Waals surface area contributed by atoms with Gasteiger partial charge < -0.3 is 9.84 Å². The van der Waals surface area contributed by atoms with Crippen LogP contribution in [0, 0.1) is 24.5 Å². The van der Waals surface area contributed by atoms with E-state index in [2.05, 4.69) is 11.5 Å². The van der Waals surface area contributed by atoms with E-state index in [-0.39, 0.29) is 5.75 Å². The maximum absolute atomic E-state index is 14.5. The van der Waals surface area contributed by atoms with Crippen molar-refractivity contribution in [2.75, 3.05) is 13.1 Å². The number of benzene rings is 2. The molecule has 34 heavy (non-hydrogen) atoms. The molecule has 0 amide bonds. The molecule has 1 heterocycles. The number of aliphatic hydroxyl groups is 1. The molecule has 3 aromatic rings. The molecule has 1 fully saturated rings. The number of allylic oxidation sites excluding steroid dienone is 1. The third kappa shape index (κ3) is 6.10. The van der Waals surface area contributed by atoms with E-state index in [9.17, 15) is 13.9 Å². The number of para-hydroxylation sites is 1. The normalized spacial score (nSPS) is 14.4.